The van der Waals surface area contributed by atoms with Gasteiger partial charge in [0.2, 0.25) is 0 Å². The van der Waals surface area contributed by atoms with Crippen LogP contribution in [0.15, 0.2) is 54.7 Å². The summed E-state index contributed by atoms with van der Waals surface area (Å²) in [6.07, 6.45) is 2.06. The summed E-state index contributed by atoms with van der Waals surface area (Å²) in [6.45, 7) is 11.1. The molecule has 1 aliphatic heterocycles. The third kappa shape index (κ3) is 4.95. The van der Waals surface area contributed by atoms with Crippen LogP contribution in [0.2, 0.25) is 0 Å². The van der Waals surface area contributed by atoms with Gasteiger partial charge in [0.1, 0.15) is 0 Å². The zero-order chi connectivity index (χ0) is 25.8. The standard InChI is InChI=1S/C28H35N5O2S/c1-6-31(7-2)21-11-13-22(14-12-21)33-19(3)18-23(20(33)4)27-26(24-10-8-9-16-29-24)30-28(36)32(27)17-15-25(34)35-5/h8-14,16,18,26-27H,6-7,15,17H2,1-5H3,(H,30,36)/t26-,27-/m0/s1. The Kier molecular flexibility index (Phi) is 7.94. The fourth-order valence-corrected chi connectivity index (χ4v) is 5.52. The lowest BCUT2D eigenvalue weighted by Crippen LogP contribution is -2.32. The SMILES string of the molecule is CCN(CC)c1ccc(-n2c(C)cc([C@H]3[C@H](c4ccccn4)NC(=S)N3CCC(=O)OC)c2C)cc1. The molecule has 2 aromatic heterocycles. The zero-order valence-electron chi connectivity index (χ0n) is 21.7. The molecule has 0 bridgehead atoms. The fourth-order valence-electron chi connectivity index (χ4n) is 5.18. The van der Waals surface area contributed by atoms with Gasteiger partial charge in [0, 0.05) is 48.6 Å². The van der Waals surface area contributed by atoms with Gasteiger partial charge in [0.15, 0.2) is 5.11 Å². The lowest BCUT2D eigenvalue weighted by atomic mass is 9.96. The van der Waals surface area contributed by atoms with Gasteiger partial charge >= 0.3 is 5.97 Å². The van der Waals surface area contributed by atoms with Crippen LogP contribution in [0.4, 0.5) is 5.69 Å². The number of anilines is 1. The van der Waals surface area contributed by atoms with Gasteiger partial charge in [-0.2, -0.15) is 0 Å². The Morgan fingerprint density at radius 2 is 1.86 bits per heavy atom. The summed E-state index contributed by atoms with van der Waals surface area (Å²) in [6, 6.07) is 16.6. The molecule has 3 heterocycles. The number of thiocarbonyl (C=S) groups is 1. The van der Waals surface area contributed by atoms with Crippen molar-refractivity contribution in [3.8, 4) is 5.69 Å². The highest BCUT2D eigenvalue weighted by Gasteiger charge is 2.41. The molecule has 0 aliphatic carbocycles. The first kappa shape index (κ1) is 25.7. The molecule has 2 atom stereocenters. The van der Waals surface area contributed by atoms with Crippen molar-refractivity contribution in [3.05, 3.63) is 77.4 Å². The molecule has 36 heavy (non-hydrogen) atoms. The summed E-state index contributed by atoms with van der Waals surface area (Å²) < 4.78 is 7.18. The van der Waals surface area contributed by atoms with Gasteiger partial charge < -0.3 is 24.4 Å². The molecule has 0 amide bonds. The van der Waals surface area contributed by atoms with E-state index in [0.29, 0.717) is 11.7 Å². The monoisotopic (exact) mass is 505 g/mol. The average Bonchev–Trinajstić information content (AvgIpc) is 3.38. The van der Waals surface area contributed by atoms with Crippen molar-refractivity contribution in [1.29, 1.82) is 0 Å². The Labute approximate surface area is 219 Å². The van der Waals surface area contributed by atoms with E-state index >= 15 is 0 Å². The minimum absolute atomic E-state index is 0.105. The molecule has 7 nitrogen and oxygen atoms in total. The predicted molar refractivity (Wildman–Crippen MR) is 148 cm³/mol. The van der Waals surface area contributed by atoms with Crippen LogP contribution in [-0.2, 0) is 9.53 Å². The summed E-state index contributed by atoms with van der Waals surface area (Å²) in [4.78, 5) is 21.0. The number of esters is 1. The van der Waals surface area contributed by atoms with Crippen LogP contribution < -0.4 is 10.2 Å². The number of ether oxygens (including phenoxy) is 1. The largest absolute Gasteiger partial charge is 0.469 e. The lowest BCUT2D eigenvalue weighted by Gasteiger charge is -2.28. The Balaban J connectivity index is 1.74. The number of aromatic nitrogens is 2. The summed E-state index contributed by atoms with van der Waals surface area (Å²) in [7, 11) is 1.41. The first-order chi connectivity index (χ1) is 17.4. The molecule has 4 rings (SSSR count). The molecule has 8 heteroatoms. The molecular formula is C28H35N5O2S. The number of hydrogen-bond acceptors (Lipinski definition) is 5. The first-order valence-electron chi connectivity index (χ1n) is 12.5. The predicted octanol–water partition coefficient (Wildman–Crippen LogP) is 4.87. The number of hydrogen-bond donors (Lipinski definition) is 1. The summed E-state index contributed by atoms with van der Waals surface area (Å²) in [5.41, 5.74) is 6.70. The Hall–Kier alpha value is -3.39. The number of carbonyl (C=O) groups excluding carboxylic acids is 1. The van der Waals surface area contributed by atoms with Crippen molar-refractivity contribution >= 4 is 29.0 Å². The highest BCUT2D eigenvalue weighted by molar-refractivity contribution is 7.80. The van der Waals surface area contributed by atoms with E-state index in [9.17, 15) is 4.79 Å². The molecule has 1 aromatic carbocycles. The molecule has 0 unspecified atom stereocenters. The van der Waals surface area contributed by atoms with Crippen molar-refractivity contribution in [2.45, 2.75) is 46.2 Å². The van der Waals surface area contributed by atoms with E-state index in [1.165, 1.54) is 12.8 Å². The van der Waals surface area contributed by atoms with Crippen molar-refractivity contribution in [3.63, 3.8) is 0 Å². The topological polar surface area (TPSA) is 62.6 Å². The quantitative estimate of drug-likeness (QED) is 0.329. The minimum Gasteiger partial charge on any atom is -0.469 e. The molecule has 0 radical (unpaired) electrons. The minimum atomic E-state index is -0.253. The maximum atomic E-state index is 12.0. The molecule has 3 aromatic rings. The summed E-state index contributed by atoms with van der Waals surface area (Å²) >= 11 is 5.74. The zero-order valence-corrected chi connectivity index (χ0v) is 22.5. The smallest absolute Gasteiger partial charge is 0.307 e. The van der Waals surface area contributed by atoms with E-state index in [1.54, 1.807) is 6.20 Å². The van der Waals surface area contributed by atoms with Crippen LogP contribution in [0.3, 0.4) is 0 Å². The van der Waals surface area contributed by atoms with E-state index in [4.69, 9.17) is 17.0 Å². The number of pyridine rings is 1. The highest BCUT2D eigenvalue weighted by atomic mass is 32.1. The number of carbonyl (C=O) groups is 1. The summed E-state index contributed by atoms with van der Waals surface area (Å²) in [5.74, 6) is -0.253. The number of aryl methyl sites for hydroxylation is 1. The van der Waals surface area contributed by atoms with Crippen LogP contribution >= 0.6 is 12.2 Å². The van der Waals surface area contributed by atoms with Crippen molar-refractivity contribution < 1.29 is 9.53 Å². The number of rotatable bonds is 9. The highest BCUT2D eigenvalue weighted by Crippen LogP contribution is 2.41. The molecule has 0 saturated carbocycles. The van der Waals surface area contributed by atoms with E-state index in [1.807, 2.05) is 18.2 Å². The van der Waals surface area contributed by atoms with Crippen LogP contribution in [0.5, 0.6) is 0 Å². The Morgan fingerprint density at radius 3 is 2.47 bits per heavy atom. The Bertz CT molecular complexity index is 1200. The van der Waals surface area contributed by atoms with Gasteiger partial charge in [-0.25, -0.2) is 0 Å². The van der Waals surface area contributed by atoms with Gasteiger partial charge in [0.25, 0.3) is 0 Å². The normalized spacial score (nSPS) is 17.2. The molecular weight excluding hydrogens is 470 g/mol. The fraction of sp³-hybridized carbons (Fsp3) is 0.393. The van der Waals surface area contributed by atoms with Gasteiger partial charge in [-0.05, 0) is 87.9 Å². The second-order valence-electron chi connectivity index (χ2n) is 9.00. The number of nitrogens with one attached hydrogen (secondary N) is 1. The molecule has 1 saturated heterocycles. The summed E-state index contributed by atoms with van der Waals surface area (Å²) in [5, 5.41) is 4.09. The second-order valence-corrected chi connectivity index (χ2v) is 9.38. The van der Waals surface area contributed by atoms with E-state index in [2.05, 4.69) is 82.7 Å². The molecule has 1 fully saturated rings. The van der Waals surface area contributed by atoms with Crippen LogP contribution in [0, 0.1) is 13.8 Å². The van der Waals surface area contributed by atoms with Crippen molar-refractivity contribution in [1.82, 2.24) is 19.8 Å². The molecule has 1 N–H and O–H groups in total. The van der Waals surface area contributed by atoms with Gasteiger partial charge in [-0.15, -0.1) is 0 Å². The molecule has 0 spiro atoms. The Morgan fingerprint density at radius 1 is 1.14 bits per heavy atom. The second kappa shape index (κ2) is 11.1. The average molecular weight is 506 g/mol. The van der Waals surface area contributed by atoms with Gasteiger partial charge in [0.05, 0.1) is 31.3 Å². The van der Waals surface area contributed by atoms with Crippen LogP contribution in [0.1, 0.15) is 55.0 Å². The van der Waals surface area contributed by atoms with Gasteiger partial charge in [-0.1, -0.05) is 6.07 Å². The van der Waals surface area contributed by atoms with E-state index in [0.717, 1.165) is 41.4 Å². The van der Waals surface area contributed by atoms with Crippen molar-refractivity contribution in [2.75, 3.05) is 31.6 Å². The third-order valence-electron chi connectivity index (χ3n) is 7.01. The maximum absolute atomic E-state index is 12.0. The van der Waals surface area contributed by atoms with Crippen molar-refractivity contribution in [2.24, 2.45) is 0 Å². The van der Waals surface area contributed by atoms with Crippen LogP contribution in [-0.4, -0.2) is 52.3 Å². The first-order valence-corrected chi connectivity index (χ1v) is 12.9. The van der Waals surface area contributed by atoms with Gasteiger partial charge in [-0.3, -0.25) is 9.78 Å². The van der Waals surface area contributed by atoms with E-state index < -0.39 is 0 Å². The number of benzene rings is 1. The third-order valence-corrected chi connectivity index (χ3v) is 7.36. The lowest BCUT2D eigenvalue weighted by molar-refractivity contribution is -0.140. The number of nitrogens with zero attached hydrogens (tertiary/aromatic N) is 4. The van der Waals surface area contributed by atoms with E-state index in [-0.39, 0.29) is 24.5 Å². The molecule has 1 aliphatic rings. The maximum Gasteiger partial charge on any atom is 0.307 e. The van der Waals surface area contributed by atoms with Crippen LogP contribution in [0.25, 0.3) is 5.69 Å². The number of methoxy groups -OCH3 is 1. The molecule has 190 valence electrons.